The van der Waals surface area contributed by atoms with Crippen LogP contribution in [0.5, 0.6) is 11.6 Å². The fourth-order valence-corrected chi connectivity index (χ4v) is 1.91. The predicted octanol–water partition coefficient (Wildman–Crippen LogP) is 2.88. The quantitative estimate of drug-likeness (QED) is 0.662. The second-order valence-corrected chi connectivity index (χ2v) is 4.86. The molecule has 0 aliphatic heterocycles. The van der Waals surface area contributed by atoms with Crippen LogP contribution in [0.15, 0.2) is 24.3 Å². The van der Waals surface area contributed by atoms with Crippen molar-refractivity contribution >= 4 is 5.82 Å². The molecule has 0 atom stereocenters. The maximum atomic E-state index is 13.9. The zero-order chi connectivity index (χ0) is 14.1. The molecule has 1 aliphatic rings. The third kappa shape index (κ3) is 2.55. The Morgan fingerprint density at radius 1 is 1.35 bits per heavy atom. The largest absolute Gasteiger partial charge is 0.436 e. The maximum absolute atomic E-state index is 13.9. The van der Waals surface area contributed by atoms with Gasteiger partial charge in [-0.3, -0.25) is 0 Å². The van der Waals surface area contributed by atoms with E-state index in [1.807, 2.05) is 0 Å². The number of anilines is 1. The molecule has 1 aromatic carbocycles. The molecule has 20 heavy (non-hydrogen) atoms. The van der Waals surface area contributed by atoms with E-state index in [-0.39, 0.29) is 11.6 Å². The van der Waals surface area contributed by atoms with Crippen LogP contribution in [-0.2, 0) is 0 Å². The number of nitrogens with two attached hydrogens (primary N) is 1. The van der Waals surface area contributed by atoms with E-state index < -0.39 is 0 Å². The van der Waals surface area contributed by atoms with Crippen LogP contribution < -0.4 is 16.0 Å². The molecule has 2 aromatic rings. The van der Waals surface area contributed by atoms with Crippen LogP contribution in [0, 0.1) is 12.7 Å². The van der Waals surface area contributed by atoms with E-state index >= 15 is 0 Å². The number of nitrogen functional groups attached to an aromatic ring is 1. The van der Waals surface area contributed by atoms with E-state index in [0.29, 0.717) is 29.0 Å². The second-order valence-electron chi connectivity index (χ2n) is 4.86. The summed E-state index contributed by atoms with van der Waals surface area (Å²) in [5.74, 6) is 6.94. The average Bonchev–Trinajstić information content (AvgIpc) is 3.28. The number of nitrogens with zero attached hydrogens (tertiary/aromatic N) is 2. The van der Waals surface area contributed by atoms with Gasteiger partial charge in [-0.25, -0.2) is 15.2 Å². The smallest absolute Gasteiger partial charge is 0.224 e. The molecule has 0 spiro atoms. The molecule has 3 N–H and O–H groups in total. The standard InChI is InChI=1S/C14H15FN4O/c1-8-3-2-4-10(13(8)15)20-12-7-11(19-16)17-14(18-12)9-5-6-9/h2-4,7,9H,5-6,16H2,1H3,(H,17,18,19). The summed E-state index contributed by atoms with van der Waals surface area (Å²) in [5.41, 5.74) is 3.00. The van der Waals surface area contributed by atoms with E-state index in [2.05, 4.69) is 15.4 Å². The minimum Gasteiger partial charge on any atom is -0.436 e. The van der Waals surface area contributed by atoms with Gasteiger partial charge in [-0.15, -0.1) is 0 Å². The lowest BCUT2D eigenvalue weighted by atomic mass is 10.2. The fraction of sp³-hybridized carbons (Fsp3) is 0.286. The zero-order valence-corrected chi connectivity index (χ0v) is 11.1. The molecule has 1 heterocycles. The number of nitrogens with one attached hydrogen (secondary N) is 1. The highest BCUT2D eigenvalue weighted by atomic mass is 19.1. The van der Waals surface area contributed by atoms with Crippen molar-refractivity contribution in [2.24, 2.45) is 5.84 Å². The molecule has 0 radical (unpaired) electrons. The monoisotopic (exact) mass is 274 g/mol. The summed E-state index contributed by atoms with van der Waals surface area (Å²) in [6.45, 7) is 1.69. The number of aryl methyl sites for hydroxylation is 1. The number of ether oxygens (including phenoxy) is 1. The Kier molecular flexibility index (Phi) is 3.23. The first kappa shape index (κ1) is 12.8. The molecule has 6 heteroatoms. The first-order valence-corrected chi connectivity index (χ1v) is 6.46. The molecular weight excluding hydrogens is 259 g/mol. The molecule has 0 amide bonds. The van der Waals surface area contributed by atoms with Gasteiger partial charge in [-0.05, 0) is 31.4 Å². The number of halogens is 1. The molecule has 0 bridgehead atoms. The first-order chi connectivity index (χ1) is 9.67. The Morgan fingerprint density at radius 3 is 2.85 bits per heavy atom. The van der Waals surface area contributed by atoms with Crippen LogP contribution >= 0.6 is 0 Å². The van der Waals surface area contributed by atoms with Crippen LogP contribution in [0.4, 0.5) is 10.2 Å². The Balaban J connectivity index is 1.93. The van der Waals surface area contributed by atoms with Gasteiger partial charge in [0.2, 0.25) is 5.88 Å². The molecule has 5 nitrogen and oxygen atoms in total. The highest BCUT2D eigenvalue weighted by Crippen LogP contribution is 2.39. The highest BCUT2D eigenvalue weighted by Gasteiger charge is 2.27. The van der Waals surface area contributed by atoms with Gasteiger partial charge in [0.1, 0.15) is 11.6 Å². The van der Waals surface area contributed by atoms with E-state index in [1.165, 1.54) is 0 Å². The van der Waals surface area contributed by atoms with Crippen molar-refractivity contribution < 1.29 is 9.13 Å². The summed E-state index contributed by atoms with van der Waals surface area (Å²) in [4.78, 5) is 8.59. The summed E-state index contributed by atoms with van der Waals surface area (Å²) in [7, 11) is 0. The van der Waals surface area contributed by atoms with Crippen LogP contribution in [0.2, 0.25) is 0 Å². The van der Waals surface area contributed by atoms with Gasteiger partial charge < -0.3 is 10.2 Å². The molecule has 104 valence electrons. The molecule has 1 aromatic heterocycles. The van der Waals surface area contributed by atoms with Crippen LogP contribution in [-0.4, -0.2) is 9.97 Å². The minimum absolute atomic E-state index is 0.147. The molecule has 1 aliphatic carbocycles. The normalized spacial score (nSPS) is 14.2. The van der Waals surface area contributed by atoms with Crippen molar-refractivity contribution in [2.45, 2.75) is 25.7 Å². The molecule has 1 saturated carbocycles. The third-order valence-electron chi connectivity index (χ3n) is 3.18. The lowest BCUT2D eigenvalue weighted by molar-refractivity contribution is 0.423. The van der Waals surface area contributed by atoms with Gasteiger partial charge in [0, 0.05) is 12.0 Å². The van der Waals surface area contributed by atoms with Crippen LogP contribution in [0.3, 0.4) is 0 Å². The molecule has 0 saturated heterocycles. The number of benzene rings is 1. The van der Waals surface area contributed by atoms with Crippen LogP contribution in [0.25, 0.3) is 0 Å². The number of rotatable bonds is 4. The van der Waals surface area contributed by atoms with Crippen molar-refractivity contribution in [1.29, 1.82) is 0 Å². The summed E-state index contributed by atoms with van der Waals surface area (Å²) in [5, 5.41) is 0. The molecule has 3 rings (SSSR count). The SMILES string of the molecule is Cc1cccc(Oc2cc(NN)nc(C3CC3)n2)c1F. The number of hydrogen-bond acceptors (Lipinski definition) is 5. The zero-order valence-electron chi connectivity index (χ0n) is 11.1. The summed E-state index contributed by atoms with van der Waals surface area (Å²) < 4.78 is 19.5. The first-order valence-electron chi connectivity index (χ1n) is 6.46. The number of hydrogen-bond donors (Lipinski definition) is 2. The lowest BCUT2D eigenvalue weighted by Gasteiger charge is -2.10. The molecule has 0 unspecified atom stereocenters. The molecule has 1 fully saturated rings. The van der Waals surface area contributed by atoms with Gasteiger partial charge in [-0.2, -0.15) is 4.98 Å². The van der Waals surface area contributed by atoms with Crippen molar-refractivity contribution in [3.63, 3.8) is 0 Å². The second kappa shape index (κ2) is 5.05. The van der Waals surface area contributed by atoms with Crippen molar-refractivity contribution in [1.82, 2.24) is 9.97 Å². The highest BCUT2D eigenvalue weighted by molar-refractivity contribution is 5.40. The Morgan fingerprint density at radius 2 is 2.15 bits per heavy atom. The lowest BCUT2D eigenvalue weighted by Crippen LogP contribution is -2.10. The summed E-state index contributed by atoms with van der Waals surface area (Å²) in [6, 6.07) is 6.54. The van der Waals surface area contributed by atoms with Gasteiger partial charge in [0.15, 0.2) is 11.6 Å². The van der Waals surface area contributed by atoms with Gasteiger partial charge in [-0.1, -0.05) is 12.1 Å². The van der Waals surface area contributed by atoms with Crippen LogP contribution in [0.1, 0.15) is 30.1 Å². The fourth-order valence-electron chi connectivity index (χ4n) is 1.91. The van der Waals surface area contributed by atoms with Crippen molar-refractivity contribution in [2.75, 3.05) is 5.43 Å². The maximum Gasteiger partial charge on any atom is 0.224 e. The van der Waals surface area contributed by atoms with E-state index in [4.69, 9.17) is 10.6 Å². The Bertz CT molecular complexity index is 643. The van der Waals surface area contributed by atoms with E-state index in [1.54, 1.807) is 31.2 Å². The minimum atomic E-state index is -0.388. The Hall–Kier alpha value is -2.21. The number of hydrazine groups is 1. The van der Waals surface area contributed by atoms with Gasteiger partial charge in [0.25, 0.3) is 0 Å². The van der Waals surface area contributed by atoms with Crippen molar-refractivity contribution in [3.8, 4) is 11.6 Å². The predicted molar refractivity (Wildman–Crippen MR) is 73.0 cm³/mol. The Labute approximate surface area is 116 Å². The molecular formula is C14H15FN4O. The van der Waals surface area contributed by atoms with Gasteiger partial charge in [0.05, 0.1) is 0 Å². The summed E-state index contributed by atoms with van der Waals surface area (Å²) in [6.07, 6.45) is 2.12. The summed E-state index contributed by atoms with van der Waals surface area (Å²) >= 11 is 0. The van der Waals surface area contributed by atoms with Crippen molar-refractivity contribution in [3.05, 3.63) is 41.5 Å². The van der Waals surface area contributed by atoms with E-state index in [9.17, 15) is 4.39 Å². The number of aromatic nitrogens is 2. The van der Waals surface area contributed by atoms with E-state index in [0.717, 1.165) is 12.8 Å². The third-order valence-corrected chi connectivity index (χ3v) is 3.18. The average molecular weight is 274 g/mol. The van der Waals surface area contributed by atoms with Gasteiger partial charge >= 0.3 is 0 Å². The topological polar surface area (TPSA) is 73.1 Å².